The van der Waals surface area contributed by atoms with E-state index in [1.54, 1.807) is 0 Å². The molecule has 268 valence electrons. The van der Waals surface area contributed by atoms with Crippen LogP contribution in [0, 0.1) is 0 Å². The summed E-state index contributed by atoms with van der Waals surface area (Å²) in [6, 6.07) is 50.5. The summed E-state index contributed by atoms with van der Waals surface area (Å²) in [5.41, 5.74) is 36.6. The minimum atomic E-state index is -0.102. The lowest BCUT2D eigenvalue weighted by Crippen LogP contribution is -2.23. The van der Waals surface area contributed by atoms with Crippen molar-refractivity contribution in [3.05, 3.63) is 190 Å². The average Bonchev–Trinajstić information content (AvgIpc) is 3.12. The predicted molar refractivity (Wildman–Crippen MR) is 225 cm³/mol. The maximum absolute atomic E-state index is 5.98. The zero-order valence-electron chi connectivity index (χ0n) is 32.2. The first-order valence-electron chi connectivity index (χ1n) is 18.1. The van der Waals surface area contributed by atoms with Crippen LogP contribution in [0.5, 0.6) is 0 Å². The van der Waals surface area contributed by atoms with Crippen molar-refractivity contribution >= 4 is 22.7 Å². The average molecular weight is 689 g/mol. The molecule has 0 radical (unpaired) electrons. The third kappa shape index (κ3) is 8.02. The Morgan fingerprint density at radius 3 is 0.750 bits per heavy atom. The summed E-state index contributed by atoms with van der Waals surface area (Å²) >= 11 is 0. The van der Waals surface area contributed by atoms with Crippen molar-refractivity contribution < 1.29 is 0 Å². The lowest BCUT2D eigenvalue weighted by Gasteiger charge is -2.31. The molecule has 0 spiro atoms. The lowest BCUT2D eigenvalue weighted by molar-refractivity contribution is 0.617. The van der Waals surface area contributed by atoms with Gasteiger partial charge in [-0.05, 0) is 93.0 Å². The Balaban J connectivity index is 0.000000201. The summed E-state index contributed by atoms with van der Waals surface area (Å²) in [6.45, 7) is 18.0. The number of hydrogen-bond acceptors (Lipinski definition) is 4. The summed E-state index contributed by atoms with van der Waals surface area (Å²) in [7, 11) is 0. The zero-order chi connectivity index (χ0) is 37.9. The Morgan fingerprint density at radius 2 is 0.481 bits per heavy atom. The highest BCUT2D eigenvalue weighted by molar-refractivity contribution is 5.51. The van der Waals surface area contributed by atoms with Crippen LogP contribution in [-0.2, 0) is 21.7 Å². The molecule has 0 saturated carbocycles. The molecule has 0 bridgehead atoms. The minimum absolute atomic E-state index is 0.0963. The fourth-order valence-electron chi connectivity index (χ4n) is 6.92. The van der Waals surface area contributed by atoms with Gasteiger partial charge in [-0.25, -0.2) is 0 Å². The number of anilines is 4. The first-order chi connectivity index (χ1) is 24.4. The number of hydrogen-bond donors (Lipinski definition) is 4. The number of nitrogens with two attached hydrogens (primary N) is 4. The molecule has 0 heterocycles. The summed E-state index contributed by atoms with van der Waals surface area (Å²) < 4.78 is 0. The molecular weight excluding hydrogens is 633 g/mol. The van der Waals surface area contributed by atoms with E-state index >= 15 is 0 Å². The standard InChI is InChI=1S/2C24H28N2/c1-23(2,19-7-5-9-21(25)15-19)17-11-13-18(14-12-17)24(3,4)20-8-6-10-22(26)16-20;1-23(2,17-8-12-21(25)13-9-17)19-6-5-7-20(16-19)24(3,4)18-10-14-22(26)15-11-18/h2*5-16H,25-26H2,1-4H3. The highest BCUT2D eigenvalue weighted by Crippen LogP contribution is 2.38. The first kappa shape index (κ1) is 37.8. The monoisotopic (exact) mass is 688 g/mol. The van der Waals surface area contributed by atoms with Crippen LogP contribution in [0.4, 0.5) is 22.7 Å². The molecule has 0 unspecified atom stereocenters. The van der Waals surface area contributed by atoms with Crippen molar-refractivity contribution in [1.29, 1.82) is 0 Å². The molecule has 0 fully saturated rings. The minimum Gasteiger partial charge on any atom is -0.399 e. The molecule has 4 heteroatoms. The van der Waals surface area contributed by atoms with Crippen molar-refractivity contribution in [2.75, 3.05) is 22.9 Å². The van der Waals surface area contributed by atoms with E-state index in [0.717, 1.165) is 22.7 Å². The van der Waals surface area contributed by atoms with Gasteiger partial charge in [-0.3, -0.25) is 0 Å². The molecule has 0 aromatic heterocycles. The Kier molecular flexibility index (Phi) is 10.6. The van der Waals surface area contributed by atoms with Gasteiger partial charge in [0.1, 0.15) is 0 Å². The summed E-state index contributed by atoms with van der Waals surface area (Å²) in [5, 5.41) is 0. The second kappa shape index (κ2) is 14.6. The summed E-state index contributed by atoms with van der Waals surface area (Å²) in [5.74, 6) is 0. The summed E-state index contributed by atoms with van der Waals surface area (Å²) in [4.78, 5) is 0. The molecule has 6 rings (SSSR count). The Morgan fingerprint density at radius 1 is 0.250 bits per heavy atom. The topological polar surface area (TPSA) is 104 Å². The van der Waals surface area contributed by atoms with Crippen molar-refractivity contribution in [3.8, 4) is 0 Å². The van der Waals surface area contributed by atoms with E-state index in [1.165, 1.54) is 44.5 Å². The van der Waals surface area contributed by atoms with Gasteiger partial charge >= 0.3 is 0 Å². The second-order valence-corrected chi connectivity index (χ2v) is 16.2. The van der Waals surface area contributed by atoms with Crippen LogP contribution in [0.15, 0.2) is 146 Å². The molecule has 52 heavy (non-hydrogen) atoms. The molecular formula is C48H56N4. The predicted octanol–water partition coefficient (Wildman–Crippen LogP) is 11.0. The van der Waals surface area contributed by atoms with Gasteiger partial charge in [-0.1, -0.05) is 152 Å². The molecule has 0 atom stereocenters. The van der Waals surface area contributed by atoms with E-state index in [2.05, 4.69) is 152 Å². The van der Waals surface area contributed by atoms with Crippen LogP contribution in [0.3, 0.4) is 0 Å². The molecule has 0 aliphatic heterocycles. The van der Waals surface area contributed by atoms with E-state index in [9.17, 15) is 0 Å². The van der Waals surface area contributed by atoms with Crippen LogP contribution in [0.1, 0.15) is 99.9 Å². The van der Waals surface area contributed by atoms with E-state index in [-0.39, 0.29) is 21.7 Å². The number of nitrogen functional groups attached to an aromatic ring is 4. The van der Waals surface area contributed by atoms with Crippen LogP contribution in [-0.4, -0.2) is 0 Å². The fraction of sp³-hybridized carbons (Fsp3) is 0.250. The maximum atomic E-state index is 5.98. The molecule has 6 aromatic rings. The highest BCUT2D eigenvalue weighted by Gasteiger charge is 2.29. The van der Waals surface area contributed by atoms with Gasteiger partial charge in [-0.15, -0.1) is 0 Å². The molecule has 0 aliphatic carbocycles. The Bertz CT molecular complexity index is 1950. The molecule has 8 N–H and O–H groups in total. The van der Waals surface area contributed by atoms with Gasteiger partial charge in [0.2, 0.25) is 0 Å². The van der Waals surface area contributed by atoms with Crippen molar-refractivity contribution in [2.45, 2.75) is 77.0 Å². The molecule has 0 aliphatic rings. The largest absolute Gasteiger partial charge is 0.399 e. The quantitative estimate of drug-likeness (QED) is 0.119. The number of benzene rings is 6. The smallest absolute Gasteiger partial charge is 0.0317 e. The van der Waals surface area contributed by atoms with Gasteiger partial charge in [0.25, 0.3) is 0 Å². The van der Waals surface area contributed by atoms with Crippen molar-refractivity contribution in [1.82, 2.24) is 0 Å². The van der Waals surface area contributed by atoms with Gasteiger partial charge in [0.05, 0.1) is 0 Å². The fourth-order valence-corrected chi connectivity index (χ4v) is 6.92. The second-order valence-electron chi connectivity index (χ2n) is 16.2. The van der Waals surface area contributed by atoms with Crippen LogP contribution in [0.2, 0.25) is 0 Å². The van der Waals surface area contributed by atoms with Crippen LogP contribution < -0.4 is 22.9 Å². The Hall–Kier alpha value is -5.48. The van der Waals surface area contributed by atoms with Crippen LogP contribution >= 0.6 is 0 Å². The molecule has 6 aromatic carbocycles. The molecule has 0 amide bonds. The van der Waals surface area contributed by atoms with E-state index in [0.29, 0.717) is 0 Å². The lowest BCUT2D eigenvalue weighted by atomic mass is 9.73. The number of rotatable bonds is 8. The van der Waals surface area contributed by atoms with Crippen LogP contribution in [0.25, 0.3) is 0 Å². The highest BCUT2D eigenvalue weighted by atomic mass is 14.6. The van der Waals surface area contributed by atoms with Crippen molar-refractivity contribution in [3.63, 3.8) is 0 Å². The van der Waals surface area contributed by atoms with Gasteiger partial charge < -0.3 is 22.9 Å². The Labute approximate surface area is 311 Å². The maximum Gasteiger partial charge on any atom is 0.0317 e. The van der Waals surface area contributed by atoms with E-state index in [4.69, 9.17) is 22.9 Å². The van der Waals surface area contributed by atoms with Crippen molar-refractivity contribution in [2.24, 2.45) is 0 Å². The summed E-state index contributed by atoms with van der Waals surface area (Å²) in [6.07, 6.45) is 0. The van der Waals surface area contributed by atoms with Gasteiger partial charge in [0, 0.05) is 44.4 Å². The molecule has 0 saturated heterocycles. The van der Waals surface area contributed by atoms with E-state index < -0.39 is 0 Å². The third-order valence-electron chi connectivity index (χ3n) is 11.1. The first-order valence-corrected chi connectivity index (χ1v) is 18.1. The van der Waals surface area contributed by atoms with Gasteiger partial charge in [-0.2, -0.15) is 0 Å². The molecule has 4 nitrogen and oxygen atoms in total. The third-order valence-corrected chi connectivity index (χ3v) is 11.1. The normalized spacial score (nSPS) is 12.2. The zero-order valence-corrected chi connectivity index (χ0v) is 32.2. The van der Waals surface area contributed by atoms with E-state index in [1.807, 2.05) is 48.5 Å². The van der Waals surface area contributed by atoms with Gasteiger partial charge in [0.15, 0.2) is 0 Å². The SMILES string of the molecule is CC(C)(c1ccc(C(C)(C)c2cccc(N)c2)cc1)c1cccc(N)c1.CC(C)(c1ccc(N)cc1)c1cccc(C(C)(C)c2ccc(N)cc2)c1.